The third-order valence-corrected chi connectivity index (χ3v) is 4.30. The fourth-order valence-corrected chi connectivity index (χ4v) is 2.92. The molecule has 0 unspecified atom stereocenters. The highest BCUT2D eigenvalue weighted by Gasteiger charge is 2.33. The van der Waals surface area contributed by atoms with Crippen molar-refractivity contribution in [2.45, 2.75) is 11.7 Å². The summed E-state index contributed by atoms with van der Waals surface area (Å²) in [4.78, 5) is 0. The van der Waals surface area contributed by atoms with E-state index in [2.05, 4.69) is 4.74 Å². The van der Waals surface area contributed by atoms with Gasteiger partial charge in [-0.1, -0.05) is 60.7 Å². The third kappa shape index (κ3) is 7.13. The Hall–Kier alpha value is -3.32. The van der Waals surface area contributed by atoms with E-state index in [4.69, 9.17) is 16.3 Å². The van der Waals surface area contributed by atoms with Crippen molar-refractivity contribution in [3.05, 3.63) is 102 Å². The monoisotopic (exact) mass is 466 g/mol. The van der Waals surface area contributed by atoms with Crippen LogP contribution in [-0.2, 0) is 0 Å². The van der Waals surface area contributed by atoms with Gasteiger partial charge < -0.3 is 9.47 Å². The van der Waals surface area contributed by atoms with Crippen LogP contribution >= 0.6 is 11.6 Å². The van der Waals surface area contributed by atoms with Crippen molar-refractivity contribution in [1.82, 2.24) is 0 Å². The van der Waals surface area contributed by atoms with Gasteiger partial charge in [-0.2, -0.15) is 8.78 Å². The average Bonchev–Trinajstić information content (AvgIpc) is 2.71. The van der Waals surface area contributed by atoms with Crippen molar-refractivity contribution in [2.75, 3.05) is 0 Å². The smallest absolute Gasteiger partial charge is 0.457 e. The van der Waals surface area contributed by atoms with Gasteiger partial charge in [-0.25, -0.2) is 0 Å². The minimum Gasteiger partial charge on any atom is -0.457 e. The Kier molecular flexibility index (Phi) is 7.20. The molecule has 0 aromatic heterocycles. The first-order chi connectivity index (χ1) is 15.1. The van der Waals surface area contributed by atoms with Gasteiger partial charge in [0, 0.05) is 5.57 Å². The summed E-state index contributed by atoms with van der Waals surface area (Å²) in [5.41, 5.74) is 0.0526. The highest BCUT2D eigenvalue weighted by atomic mass is 35.5. The van der Waals surface area contributed by atoms with E-state index in [1.54, 1.807) is 42.5 Å². The summed E-state index contributed by atoms with van der Waals surface area (Å²) in [6.07, 6.45) is -0.843. The normalized spacial score (nSPS) is 12.8. The zero-order valence-corrected chi connectivity index (χ0v) is 17.1. The van der Waals surface area contributed by atoms with E-state index < -0.39 is 23.1 Å². The topological polar surface area (TPSA) is 18.5 Å². The molecule has 8 heteroatoms. The van der Waals surface area contributed by atoms with Crippen molar-refractivity contribution >= 4 is 23.3 Å². The second-order valence-electron chi connectivity index (χ2n) is 6.50. The van der Waals surface area contributed by atoms with Crippen molar-refractivity contribution in [1.29, 1.82) is 0 Å². The van der Waals surface area contributed by atoms with Gasteiger partial charge in [0.1, 0.15) is 17.2 Å². The number of alkyl halides is 6. The predicted molar refractivity (Wildman–Crippen MR) is 114 cm³/mol. The molecule has 0 atom stereocenters. The van der Waals surface area contributed by atoms with Crippen molar-refractivity contribution in [2.24, 2.45) is 0 Å². The second kappa shape index (κ2) is 9.87. The summed E-state index contributed by atoms with van der Waals surface area (Å²) in [6.45, 7) is 0. The first kappa shape index (κ1) is 23.3. The molecule has 0 saturated heterocycles. The van der Waals surface area contributed by atoms with Crippen LogP contribution in [0.15, 0.2) is 91.0 Å². The molecule has 0 aliphatic carbocycles. The molecule has 0 N–H and O–H groups in total. The van der Waals surface area contributed by atoms with Gasteiger partial charge in [-0.05, 0) is 59.1 Å². The van der Waals surface area contributed by atoms with Crippen LogP contribution in [0.25, 0.3) is 11.6 Å². The van der Waals surface area contributed by atoms with Crippen LogP contribution in [0.5, 0.6) is 17.2 Å². The Morgan fingerprint density at radius 1 is 0.750 bits per heavy atom. The summed E-state index contributed by atoms with van der Waals surface area (Å²) >= 11 is 5.21. The molecule has 0 saturated carbocycles. The van der Waals surface area contributed by atoms with Crippen LogP contribution in [0.3, 0.4) is 0 Å². The molecular weight excluding hydrogens is 451 g/mol. The molecule has 3 rings (SSSR count). The zero-order valence-electron chi connectivity index (χ0n) is 16.3. The van der Waals surface area contributed by atoms with Crippen LogP contribution in [0.2, 0.25) is 0 Å². The summed E-state index contributed by atoms with van der Waals surface area (Å²) in [7, 11) is 0. The fourth-order valence-electron chi connectivity index (χ4n) is 2.75. The molecule has 0 bridgehead atoms. The Bertz CT molecular complexity index is 1090. The van der Waals surface area contributed by atoms with E-state index in [0.717, 1.165) is 30.3 Å². The maximum atomic E-state index is 13.9. The number of para-hydroxylation sites is 1. The van der Waals surface area contributed by atoms with E-state index in [9.17, 15) is 22.0 Å². The van der Waals surface area contributed by atoms with E-state index in [0.29, 0.717) is 17.1 Å². The molecule has 3 aromatic carbocycles. The molecule has 0 radical (unpaired) electrons. The van der Waals surface area contributed by atoms with Gasteiger partial charge in [-0.3, -0.25) is 0 Å². The number of ether oxygens (including phenoxy) is 2. The average molecular weight is 467 g/mol. The number of benzene rings is 3. The van der Waals surface area contributed by atoms with Gasteiger partial charge in [-0.15, -0.1) is 13.2 Å². The molecule has 0 spiro atoms. The van der Waals surface area contributed by atoms with Crippen molar-refractivity contribution < 1.29 is 31.4 Å². The Morgan fingerprint density at radius 2 is 1.41 bits per heavy atom. The standard InChI is InChI=1S/C24H16ClF5O2/c25-23(26,27)22(18-12-14-20(15-13-18)32-24(28,29)30)11-5-7-17-6-4-10-21(16-17)31-19-8-2-1-3-9-19/h1-16H. The number of hydrogen-bond acceptors (Lipinski definition) is 2. The van der Waals surface area contributed by atoms with E-state index in [-0.39, 0.29) is 5.56 Å². The molecule has 0 aliphatic heterocycles. The molecule has 166 valence electrons. The maximum absolute atomic E-state index is 13.9. The lowest BCUT2D eigenvalue weighted by atomic mass is 10.0. The maximum Gasteiger partial charge on any atom is 0.573 e. The first-order valence-corrected chi connectivity index (χ1v) is 9.63. The molecular formula is C24H16ClF5O2. The Labute approximate surface area is 186 Å². The Morgan fingerprint density at radius 3 is 2.03 bits per heavy atom. The minimum absolute atomic E-state index is 0.0506. The quantitative estimate of drug-likeness (QED) is 0.198. The van der Waals surface area contributed by atoms with Crippen LogP contribution in [-0.4, -0.2) is 11.7 Å². The summed E-state index contributed by atoms with van der Waals surface area (Å²) in [5.74, 6) is 0.685. The lowest BCUT2D eigenvalue weighted by molar-refractivity contribution is -0.274. The number of halogens is 6. The molecule has 0 heterocycles. The number of hydrogen-bond donors (Lipinski definition) is 0. The molecule has 0 aliphatic rings. The minimum atomic E-state index is -4.88. The molecule has 2 nitrogen and oxygen atoms in total. The van der Waals surface area contributed by atoms with Crippen LogP contribution in [0.1, 0.15) is 11.1 Å². The fraction of sp³-hybridized carbons (Fsp3) is 0.0833. The van der Waals surface area contributed by atoms with Crippen molar-refractivity contribution in [3.8, 4) is 17.2 Å². The number of allylic oxidation sites excluding steroid dienone is 3. The Balaban J connectivity index is 1.79. The highest BCUT2D eigenvalue weighted by Crippen LogP contribution is 2.37. The number of rotatable bonds is 7. The van der Waals surface area contributed by atoms with Gasteiger partial charge in [0.2, 0.25) is 0 Å². The highest BCUT2D eigenvalue weighted by molar-refractivity contribution is 6.27. The van der Waals surface area contributed by atoms with Gasteiger partial charge >= 0.3 is 11.7 Å². The molecule has 0 amide bonds. The van der Waals surface area contributed by atoms with Gasteiger partial charge in [0.05, 0.1) is 0 Å². The largest absolute Gasteiger partial charge is 0.573 e. The van der Waals surface area contributed by atoms with Gasteiger partial charge in [0.25, 0.3) is 0 Å². The first-order valence-electron chi connectivity index (χ1n) is 9.25. The molecule has 3 aromatic rings. The SMILES string of the molecule is FC(F)(F)Oc1ccc(C(=CC=Cc2cccc(Oc3ccccc3)c2)C(F)(F)Cl)cc1. The zero-order chi connectivity index (χ0) is 23.2. The van der Waals surface area contributed by atoms with Crippen LogP contribution in [0, 0.1) is 0 Å². The lowest BCUT2D eigenvalue weighted by Crippen LogP contribution is -2.17. The predicted octanol–water partition coefficient (Wildman–Crippen LogP) is 8.31. The van der Waals surface area contributed by atoms with E-state index in [1.807, 2.05) is 18.2 Å². The third-order valence-electron chi connectivity index (χ3n) is 4.09. The summed E-state index contributed by atoms with van der Waals surface area (Å²) in [5, 5.41) is -3.74. The molecule has 32 heavy (non-hydrogen) atoms. The lowest BCUT2D eigenvalue weighted by Gasteiger charge is -2.14. The van der Waals surface area contributed by atoms with Gasteiger partial charge in [0.15, 0.2) is 0 Å². The van der Waals surface area contributed by atoms with Crippen LogP contribution in [0.4, 0.5) is 22.0 Å². The van der Waals surface area contributed by atoms with E-state index >= 15 is 0 Å². The van der Waals surface area contributed by atoms with E-state index in [1.165, 1.54) is 6.08 Å². The second-order valence-corrected chi connectivity index (χ2v) is 6.97. The van der Waals surface area contributed by atoms with Crippen molar-refractivity contribution in [3.63, 3.8) is 0 Å². The molecule has 0 fully saturated rings. The summed E-state index contributed by atoms with van der Waals surface area (Å²) in [6, 6.07) is 20.1. The van der Waals surface area contributed by atoms with Crippen LogP contribution < -0.4 is 9.47 Å². The summed E-state index contributed by atoms with van der Waals surface area (Å²) < 4.78 is 74.1.